The van der Waals surface area contributed by atoms with E-state index < -0.39 is 0 Å². The van der Waals surface area contributed by atoms with Crippen LogP contribution in [0.1, 0.15) is 44.1 Å². The summed E-state index contributed by atoms with van der Waals surface area (Å²) in [5, 5.41) is 0. The van der Waals surface area contributed by atoms with E-state index in [1.807, 2.05) is 23.9 Å². The van der Waals surface area contributed by atoms with Gasteiger partial charge < -0.3 is 4.90 Å². The molecule has 1 saturated heterocycles. The van der Waals surface area contributed by atoms with Crippen LogP contribution in [0.15, 0.2) is 30.6 Å². The molecule has 0 aromatic carbocycles. The third kappa shape index (κ3) is 3.00. The minimum Gasteiger partial charge on any atom is -0.301 e. The second kappa shape index (κ2) is 5.98. The third-order valence-electron chi connectivity index (χ3n) is 4.51. The van der Waals surface area contributed by atoms with E-state index >= 15 is 0 Å². The van der Waals surface area contributed by atoms with E-state index in [9.17, 15) is 0 Å². The highest BCUT2D eigenvalue weighted by atomic mass is 15.2. The van der Waals surface area contributed by atoms with Crippen LogP contribution in [-0.2, 0) is 0 Å². The average Bonchev–Trinajstić information content (AvgIpc) is 2.94. The average molecular weight is 284 g/mol. The maximum absolute atomic E-state index is 4.87. The Labute approximate surface area is 126 Å². The number of hydrogen-bond donors (Lipinski definition) is 0. The van der Waals surface area contributed by atoms with Gasteiger partial charge in [0.05, 0.1) is 0 Å². The van der Waals surface area contributed by atoms with Crippen molar-refractivity contribution in [3.05, 3.63) is 42.1 Å². The number of imidazole rings is 1. The summed E-state index contributed by atoms with van der Waals surface area (Å²) in [5.74, 6) is 2.55. The normalized spacial score (nSPS) is 17.5. The van der Waals surface area contributed by atoms with Crippen molar-refractivity contribution in [1.82, 2.24) is 19.4 Å². The molecular weight excluding hydrogens is 260 g/mol. The van der Waals surface area contributed by atoms with Crippen LogP contribution in [0, 0.1) is 6.92 Å². The molecule has 0 unspecified atom stereocenters. The minimum atomic E-state index is 0.587. The Morgan fingerprint density at radius 1 is 1.19 bits per heavy atom. The molecule has 2 aromatic heterocycles. The van der Waals surface area contributed by atoms with Crippen molar-refractivity contribution in [1.29, 1.82) is 0 Å². The second-order valence-electron chi connectivity index (χ2n) is 6.17. The monoisotopic (exact) mass is 284 g/mol. The number of aryl methyl sites for hydroxylation is 1. The molecule has 0 aliphatic carbocycles. The van der Waals surface area contributed by atoms with E-state index in [0.717, 1.165) is 11.6 Å². The topological polar surface area (TPSA) is 34.0 Å². The molecule has 3 heterocycles. The molecular formula is C17H24N4. The largest absolute Gasteiger partial charge is 0.301 e. The molecule has 112 valence electrons. The van der Waals surface area contributed by atoms with E-state index in [4.69, 9.17) is 4.98 Å². The molecule has 0 saturated carbocycles. The Bertz CT molecular complexity index is 594. The fourth-order valence-corrected chi connectivity index (χ4v) is 3.13. The molecule has 4 heteroatoms. The number of pyridine rings is 1. The maximum Gasteiger partial charge on any atom is 0.138 e. The molecule has 4 nitrogen and oxygen atoms in total. The van der Waals surface area contributed by atoms with Crippen molar-refractivity contribution in [3.63, 3.8) is 0 Å². The molecule has 0 bridgehead atoms. The van der Waals surface area contributed by atoms with Gasteiger partial charge in [-0.05, 0) is 58.8 Å². The highest BCUT2D eigenvalue weighted by molar-refractivity contribution is 5.28. The fourth-order valence-electron chi connectivity index (χ4n) is 3.13. The smallest absolute Gasteiger partial charge is 0.138 e. The van der Waals surface area contributed by atoms with Gasteiger partial charge in [-0.25, -0.2) is 9.97 Å². The Kier molecular flexibility index (Phi) is 4.06. The van der Waals surface area contributed by atoms with Crippen LogP contribution >= 0.6 is 0 Å². The Morgan fingerprint density at radius 2 is 1.95 bits per heavy atom. The highest BCUT2D eigenvalue weighted by Gasteiger charge is 2.23. The highest BCUT2D eigenvalue weighted by Crippen LogP contribution is 2.28. The molecule has 1 aliphatic heterocycles. The number of likely N-dealkylation sites (tertiary alicyclic amines) is 1. The lowest BCUT2D eigenvalue weighted by molar-refractivity contribution is 0.171. The quantitative estimate of drug-likeness (QED) is 0.868. The molecule has 2 aromatic rings. The second-order valence-corrected chi connectivity index (χ2v) is 6.17. The summed E-state index contributed by atoms with van der Waals surface area (Å²) in [5.41, 5.74) is 1.23. The fraction of sp³-hybridized carbons (Fsp3) is 0.529. The van der Waals surface area contributed by atoms with Crippen molar-refractivity contribution in [2.45, 2.75) is 45.6 Å². The van der Waals surface area contributed by atoms with Crippen molar-refractivity contribution >= 4 is 0 Å². The van der Waals surface area contributed by atoms with Crippen LogP contribution < -0.4 is 0 Å². The molecule has 1 aliphatic rings. The molecule has 0 atom stereocenters. The minimum absolute atomic E-state index is 0.587. The number of nitrogens with zero attached hydrogens (tertiary/aromatic N) is 4. The number of aromatic nitrogens is 3. The lowest BCUT2D eigenvalue weighted by atomic mass is 9.92. The Balaban J connectivity index is 1.77. The van der Waals surface area contributed by atoms with Crippen LogP contribution in [-0.4, -0.2) is 38.6 Å². The van der Waals surface area contributed by atoms with Gasteiger partial charge in [-0.2, -0.15) is 0 Å². The summed E-state index contributed by atoms with van der Waals surface area (Å²) in [7, 11) is 0. The molecule has 1 fully saturated rings. The molecule has 0 radical (unpaired) electrons. The summed E-state index contributed by atoms with van der Waals surface area (Å²) in [6.07, 6.45) is 6.21. The van der Waals surface area contributed by atoms with Gasteiger partial charge in [0, 0.05) is 30.0 Å². The molecule has 0 amide bonds. The van der Waals surface area contributed by atoms with Crippen LogP contribution in [0.25, 0.3) is 5.82 Å². The van der Waals surface area contributed by atoms with Gasteiger partial charge >= 0.3 is 0 Å². The first-order chi connectivity index (χ1) is 10.1. The number of hydrogen-bond acceptors (Lipinski definition) is 3. The van der Waals surface area contributed by atoms with Crippen LogP contribution in [0.2, 0.25) is 0 Å². The predicted octanol–water partition coefficient (Wildman–Crippen LogP) is 3.16. The predicted molar refractivity (Wildman–Crippen MR) is 84.8 cm³/mol. The Morgan fingerprint density at radius 3 is 2.57 bits per heavy atom. The zero-order valence-electron chi connectivity index (χ0n) is 13.2. The summed E-state index contributed by atoms with van der Waals surface area (Å²) < 4.78 is 2.05. The third-order valence-corrected chi connectivity index (χ3v) is 4.51. The van der Waals surface area contributed by atoms with Gasteiger partial charge in [0.15, 0.2) is 0 Å². The van der Waals surface area contributed by atoms with E-state index in [1.54, 1.807) is 0 Å². The van der Waals surface area contributed by atoms with Gasteiger partial charge in [0.1, 0.15) is 11.6 Å². The van der Waals surface area contributed by atoms with Gasteiger partial charge in [0.2, 0.25) is 0 Å². The first-order valence-corrected chi connectivity index (χ1v) is 7.86. The van der Waals surface area contributed by atoms with Gasteiger partial charge in [-0.3, -0.25) is 4.57 Å². The zero-order chi connectivity index (χ0) is 14.8. The number of piperidine rings is 1. The van der Waals surface area contributed by atoms with Crippen molar-refractivity contribution in [2.24, 2.45) is 0 Å². The van der Waals surface area contributed by atoms with Gasteiger partial charge in [-0.1, -0.05) is 6.07 Å². The summed E-state index contributed by atoms with van der Waals surface area (Å²) in [6.45, 7) is 8.92. The molecule has 21 heavy (non-hydrogen) atoms. The number of rotatable bonds is 3. The maximum atomic E-state index is 4.87. The van der Waals surface area contributed by atoms with Crippen LogP contribution in [0.5, 0.6) is 0 Å². The SMILES string of the molecule is Cc1nccn1-c1cccc(C2CCN(C(C)C)CC2)n1. The van der Waals surface area contributed by atoms with E-state index in [-0.39, 0.29) is 0 Å². The first kappa shape index (κ1) is 14.3. The lowest BCUT2D eigenvalue weighted by Crippen LogP contribution is -2.38. The van der Waals surface area contributed by atoms with E-state index in [0.29, 0.717) is 12.0 Å². The molecule has 0 N–H and O–H groups in total. The van der Waals surface area contributed by atoms with Gasteiger partial charge in [-0.15, -0.1) is 0 Å². The van der Waals surface area contributed by atoms with E-state index in [1.165, 1.54) is 31.6 Å². The summed E-state index contributed by atoms with van der Waals surface area (Å²) >= 11 is 0. The molecule has 0 spiro atoms. The van der Waals surface area contributed by atoms with Crippen molar-refractivity contribution in [2.75, 3.05) is 13.1 Å². The standard InChI is InChI=1S/C17H24N4/c1-13(2)20-10-7-15(8-11-20)16-5-4-6-17(19-16)21-12-9-18-14(21)3/h4-6,9,12-13,15H,7-8,10-11H2,1-3H3. The van der Waals surface area contributed by atoms with Gasteiger partial charge in [0.25, 0.3) is 0 Å². The zero-order valence-corrected chi connectivity index (χ0v) is 13.2. The van der Waals surface area contributed by atoms with Crippen LogP contribution in [0.4, 0.5) is 0 Å². The first-order valence-electron chi connectivity index (χ1n) is 7.86. The summed E-state index contributed by atoms with van der Waals surface area (Å²) in [4.78, 5) is 11.7. The van der Waals surface area contributed by atoms with Crippen molar-refractivity contribution in [3.8, 4) is 5.82 Å². The lowest BCUT2D eigenvalue weighted by Gasteiger charge is -2.34. The molecule has 3 rings (SSSR count). The van der Waals surface area contributed by atoms with Crippen molar-refractivity contribution < 1.29 is 0 Å². The van der Waals surface area contributed by atoms with E-state index in [2.05, 4.69) is 41.9 Å². The van der Waals surface area contributed by atoms with Crippen LogP contribution in [0.3, 0.4) is 0 Å². The summed E-state index contributed by atoms with van der Waals surface area (Å²) in [6, 6.07) is 7.00. The Hall–Kier alpha value is -1.68.